The molecule has 0 saturated heterocycles. The number of carboxylic acids is 1. The number of aliphatic hydroxyl groups excluding tert-OH is 1. The lowest BCUT2D eigenvalue weighted by atomic mass is 10.1. The molecule has 0 saturated carbocycles. The van der Waals surface area contributed by atoms with Crippen molar-refractivity contribution in [2.24, 2.45) is 5.73 Å². The molecule has 4 unspecified atom stereocenters. The molecule has 1 rings (SSSR count). The van der Waals surface area contributed by atoms with Gasteiger partial charge >= 0.3 is 5.97 Å². The van der Waals surface area contributed by atoms with Gasteiger partial charge in [0.05, 0.1) is 19.0 Å². The van der Waals surface area contributed by atoms with Crippen LogP contribution >= 0.6 is 11.8 Å². The average molecular weight is 445 g/mol. The Kier molecular flexibility index (Phi) is 10.9. The van der Waals surface area contributed by atoms with Gasteiger partial charge in [-0.3, -0.25) is 14.4 Å². The maximum atomic E-state index is 12.6. The first kappa shape index (κ1) is 25.4. The highest BCUT2D eigenvalue weighted by Gasteiger charge is 2.28. The zero-order chi connectivity index (χ0) is 22.7. The highest BCUT2D eigenvalue weighted by molar-refractivity contribution is 7.98. The van der Waals surface area contributed by atoms with Crippen molar-refractivity contribution in [2.45, 2.75) is 43.9 Å². The van der Waals surface area contributed by atoms with Crippen LogP contribution in [0.5, 0.6) is 0 Å². The summed E-state index contributed by atoms with van der Waals surface area (Å²) in [6.07, 6.45) is 5.37. The molecule has 13 heteroatoms. The van der Waals surface area contributed by atoms with Gasteiger partial charge in [-0.05, 0) is 25.4 Å². The molecule has 1 heterocycles. The molecule has 1 aromatic heterocycles. The van der Waals surface area contributed by atoms with Crippen LogP contribution in [0.4, 0.5) is 0 Å². The molecular formula is C17H28N6O6S. The van der Waals surface area contributed by atoms with Crippen LogP contribution in [0.3, 0.4) is 0 Å². The molecule has 0 aromatic carbocycles. The predicted molar refractivity (Wildman–Crippen MR) is 109 cm³/mol. The average Bonchev–Trinajstić information content (AvgIpc) is 3.21. The van der Waals surface area contributed by atoms with Crippen molar-refractivity contribution >= 4 is 35.5 Å². The van der Waals surface area contributed by atoms with Crippen LogP contribution in [0.25, 0.3) is 0 Å². The third kappa shape index (κ3) is 8.39. The van der Waals surface area contributed by atoms with Gasteiger partial charge in [0, 0.05) is 18.3 Å². The number of hydrogen-bond donors (Lipinski definition) is 7. The van der Waals surface area contributed by atoms with Crippen LogP contribution in [0.1, 0.15) is 19.0 Å². The van der Waals surface area contributed by atoms with Gasteiger partial charge in [0.1, 0.15) is 18.1 Å². The lowest BCUT2D eigenvalue weighted by molar-refractivity contribution is -0.143. The molecule has 12 nitrogen and oxygen atoms in total. The number of imidazole rings is 1. The van der Waals surface area contributed by atoms with Gasteiger partial charge in [0.2, 0.25) is 17.7 Å². The zero-order valence-corrected chi connectivity index (χ0v) is 17.6. The standard InChI is InChI=1S/C17H28N6O6S/c1-9(14(25)23-13(7-24)17(28)29)21-16(27)12(3-4-30-2)22-15(26)11(18)5-10-6-19-8-20-10/h6,8-9,11-13,24H,3-5,7,18H2,1-2H3,(H,19,20)(H,21,27)(H,22,26)(H,23,25)(H,28,29). The van der Waals surface area contributed by atoms with Crippen molar-refractivity contribution in [3.8, 4) is 0 Å². The topological polar surface area (TPSA) is 200 Å². The number of thioether (sulfide) groups is 1. The van der Waals surface area contributed by atoms with E-state index in [1.807, 2.05) is 6.26 Å². The fraction of sp³-hybridized carbons (Fsp3) is 0.588. The molecule has 0 radical (unpaired) electrons. The maximum absolute atomic E-state index is 12.6. The number of carbonyl (C=O) groups is 4. The summed E-state index contributed by atoms with van der Waals surface area (Å²) in [4.78, 5) is 54.7. The van der Waals surface area contributed by atoms with Crippen LogP contribution in [-0.4, -0.2) is 86.7 Å². The molecule has 3 amide bonds. The van der Waals surface area contributed by atoms with E-state index in [-0.39, 0.29) is 6.42 Å². The number of aliphatic carboxylic acids is 1. The predicted octanol–water partition coefficient (Wildman–Crippen LogP) is -2.42. The Bertz CT molecular complexity index is 716. The molecule has 4 atom stereocenters. The molecular weight excluding hydrogens is 416 g/mol. The molecule has 0 spiro atoms. The summed E-state index contributed by atoms with van der Waals surface area (Å²) in [6, 6.07) is -4.40. The van der Waals surface area contributed by atoms with Crippen molar-refractivity contribution in [1.82, 2.24) is 25.9 Å². The first-order valence-electron chi connectivity index (χ1n) is 9.16. The number of rotatable bonds is 13. The fourth-order valence-electron chi connectivity index (χ4n) is 2.37. The maximum Gasteiger partial charge on any atom is 0.328 e. The quantitative estimate of drug-likeness (QED) is 0.173. The number of nitrogens with zero attached hydrogens (tertiary/aromatic N) is 1. The number of carbonyl (C=O) groups excluding carboxylic acids is 3. The number of carboxylic acid groups (broad SMARTS) is 1. The number of H-pyrrole nitrogens is 1. The summed E-state index contributed by atoms with van der Waals surface area (Å²) in [5.74, 6) is -2.75. The highest BCUT2D eigenvalue weighted by Crippen LogP contribution is 2.04. The Morgan fingerprint density at radius 2 is 1.83 bits per heavy atom. The largest absolute Gasteiger partial charge is 0.480 e. The minimum absolute atomic E-state index is 0.208. The van der Waals surface area contributed by atoms with Crippen LogP contribution in [-0.2, 0) is 25.6 Å². The van der Waals surface area contributed by atoms with Gasteiger partial charge in [-0.25, -0.2) is 9.78 Å². The smallest absolute Gasteiger partial charge is 0.328 e. The Labute approximate surface area is 177 Å². The summed E-state index contributed by atoms with van der Waals surface area (Å²) in [5.41, 5.74) is 6.56. The lowest BCUT2D eigenvalue weighted by Gasteiger charge is -2.23. The van der Waals surface area contributed by atoms with Crippen molar-refractivity contribution in [1.29, 1.82) is 0 Å². The summed E-state index contributed by atoms with van der Waals surface area (Å²) >= 11 is 1.48. The first-order valence-corrected chi connectivity index (χ1v) is 10.6. The fourth-order valence-corrected chi connectivity index (χ4v) is 2.84. The van der Waals surface area contributed by atoms with E-state index in [0.717, 1.165) is 0 Å². The third-order valence-electron chi connectivity index (χ3n) is 4.12. The monoisotopic (exact) mass is 444 g/mol. The molecule has 168 valence electrons. The molecule has 0 bridgehead atoms. The normalized spacial score (nSPS) is 14.8. The Morgan fingerprint density at radius 3 is 2.37 bits per heavy atom. The summed E-state index contributed by atoms with van der Waals surface area (Å²) in [6.45, 7) is 0.573. The minimum Gasteiger partial charge on any atom is -0.480 e. The number of aromatic nitrogens is 2. The molecule has 0 aliphatic heterocycles. The molecule has 8 N–H and O–H groups in total. The van der Waals surface area contributed by atoms with E-state index in [9.17, 15) is 19.2 Å². The Balaban J connectivity index is 2.69. The Hall–Kier alpha value is -2.64. The van der Waals surface area contributed by atoms with E-state index in [4.69, 9.17) is 15.9 Å². The number of amides is 3. The SMILES string of the molecule is CSCCC(NC(=O)C(N)Cc1cnc[nH]1)C(=O)NC(C)C(=O)NC(CO)C(=O)O. The number of nitrogens with one attached hydrogen (secondary N) is 4. The summed E-state index contributed by atoms with van der Waals surface area (Å²) in [7, 11) is 0. The number of aliphatic hydroxyl groups is 1. The third-order valence-corrected chi connectivity index (χ3v) is 4.77. The second kappa shape index (κ2) is 12.8. The van der Waals surface area contributed by atoms with Crippen molar-refractivity contribution in [3.63, 3.8) is 0 Å². The van der Waals surface area contributed by atoms with Crippen LogP contribution in [0, 0.1) is 0 Å². The number of nitrogens with two attached hydrogens (primary N) is 1. The van der Waals surface area contributed by atoms with Crippen LogP contribution in [0.15, 0.2) is 12.5 Å². The van der Waals surface area contributed by atoms with E-state index in [1.165, 1.54) is 25.0 Å². The van der Waals surface area contributed by atoms with Gasteiger partial charge in [-0.1, -0.05) is 0 Å². The second-order valence-electron chi connectivity index (χ2n) is 6.54. The van der Waals surface area contributed by atoms with E-state index < -0.39 is 54.5 Å². The zero-order valence-electron chi connectivity index (χ0n) is 16.8. The van der Waals surface area contributed by atoms with Gasteiger partial charge in [-0.2, -0.15) is 11.8 Å². The summed E-state index contributed by atoms with van der Waals surface area (Å²) < 4.78 is 0. The molecule has 0 aliphatic carbocycles. The second-order valence-corrected chi connectivity index (χ2v) is 7.53. The van der Waals surface area contributed by atoms with E-state index in [1.54, 1.807) is 6.20 Å². The van der Waals surface area contributed by atoms with E-state index in [2.05, 4.69) is 25.9 Å². The summed E-state index contributed by atoms with van der Waals surface area (Å²) in [5, 5.41) is 25.0. The van der Waals surface area contributed by atoms with Crippen molar-refractivity contribution in [2.75, 3.05) is 18.6 Å². The van der Waals surface area contributed by atoms with E-state index >= 15 is 0 Å². The van der Waals surface area contributed by atoms with Crippen LogP contribution in [0.2, 0.25) is 0 Å². The number of aromatic amines is 1. The molecule has 0 fully saturated rings. The van der Waals surface area contributed by atoms with Crippen molar-refractivity contribution in [3.05, 3.63) is 18.2 Å². The highest BCUT2D eigenvalue weighted by atomic mass is 32.2. The van der Waals surface area contributed by atoms with Crippen LogP contribution < -0.4 is 21.7 Å². The van der Waals surface area contributed by atoms with Gasteiger partial charge in [0.25, 0.3) is 0 Å². The number of hydrogen-bond acceptors (Lipinski definition) is 8. The first-order chi connectivity index (χ1) is 14.2. The Morgan fingerprint density at radius 1 is 1.17 bits per heavy atom. The molecule has 1 aromatic rings. The van der Waals surface area contributed by atoms with Gasteiger partial charge in [-0.15, -0.1) is 0 Å². The van der Waals surface area contributed by atoms with Gasteiger partial charge in [0.15, 0.2) is 0 Å². The molecule has 30 heavy (non-hydrogen) atoms. The molecule has 0 aliphatic rings. The van der Waals surface area contributed by atoms with E-state index in [0.29, 0.717) is 17.9 Å². The minimum atomic E-state index is -1.48. The lowest BCUT2D eigenvalue weighted by Crippen LogP contribution is -2.57. The van der Waals surface area contributed by atoms with Crippen molar-refractivity contribution < 1.29 is 29.4 Å². The van der Waals surface area contributed by atoms with Gasteiger partial charge < -0.3 is 36.9 Å².